The molecule has 4 heterocycles. The van der Waals surface area contributed by atoms with Crippen molar-refractivity contribution in [3.05, 3.63) is 23.8 Å². The van der Waals surface area contributed by atoms with Gasteiger partial charge in [0, 0.05) is 38.1 Å². The van der Waals surface area contributed by atoms with Crippen LogP contribution in [0.5, 0.6) is 0 Å². The Labute approximate surface area is 147 Å². The fourth-order valence-electron chi connectivity index (χ4n) is 4.67. The van der Waals surface area contributed by atoms with Crippen LogP contribution in [0.3, 0.4) is 0 Å². The zero-order valence-electron chi connectivity index (χ0n) is 14.4. The van der Waals surface area contributed by atoms with Crippen LogP contribution in [-0.2, 0) is 11.3 Å². The Morgan fingerprint density at radius 3 is 2.88 bits per heavy atom. The van der Waals surface area contributed by atoms with Gasteiger partial charge in [0.15, 0.2) is 0 Å². The number of piperidine rings is 1. The third-order valence-electron chi connectivity index (χ3n) is 6.34. The number of carbonyl (C=O) groups excluding carboxylic acids is 1. The molecule has 132 valence electrons. The van der Waals surface area contributed by atoms with Gasteiger partial charge in [0.2, 0.25) is 5.91 Å². The second-order valence-corrected chi connectivity index (χ2v) is 7.95. The highest BCUT2D eigenvalue weighted by molar-refractivity contribution is 5.79. The minimum Gasteiger partial charge on any atom is -0.341 e. The average Bonchev–Trinajstić information content (AvgIpc) is 2.87. The number of nitrogens with zero attached hydrogens (tertiary/aromatic N) is 4. The van der Waals surface area contributed by atoms with Crippen LogP contribution in [0, 0.1) is 11.8 Å². The van der Waals surface area contributed by atoms with Gasteiger partial charge in [-0.3, -0.25) is 9.69 Å². The minimum absolute atomic E-state index is 0.306. The number of benzene rings is 1. The number of hydrogen-bond acceptors (Lipinski definition) is 5. The summed E-state index contributed by atoms with van der Waals surface area (Å²) >= 11 is 0. The summed E-state index contributed by atoms with van der Waals surface area (Å²) in [4.78, 5) is 17.5. The molecule has 2 aromatic rings. The van der Waals surface area contributed by atoms with Crippen LogP contribution in [0.25, 0.3) is 11.0 Å². The lowest BCUT2D eigenvalue weighted by Crippen LogP contribution is -2.45. The quantitative estimate of drug-likeness (QED) is 0.859. The molecule has 6 heteroatoms. The van der Waals surface area contributed by atoms with Gasteiger partial charge in [0.1, 0.15) is 11.0 Å². The van der Waals surface area contributed by atoms with E-state index in [0.29, 0.717) is 23.8 Å². The van der Waals surface area contributed by atoms with E-state index >= 15 is 0 Å². The van der Waals surface area contributed by atoms with Gasteiger partial charge in [0.05, 0.1) is 0 Å². The molecule has 1 saturated carbocycles. The van der Waals surface area contributed by atoms with Gasteiger partial charge in [-0.15, -0.1) is 0 Å². The van der Waals surface area contributed by atoms with Gasteiger partial charge in [0.25, 0.3) is 0 Å². The number of hydrogen-bond donors (Lipinski definition) is 0. The van der Waals surface area contributed by atoms with Crippen molar-refractivity contribution in [2.45, 2.75) is 44.7 Å². The van der Waals surface area contributed by atoms with E-state index in [1.165, 1.54) is 24.8 Å². The Hall–Kier alpha value is -1.95. The van der Waals surface area contributed by atoms with Crippen molar-refractivity contribution in [1.29, 1.82) is 0 Å². The smallest absolute Gasteiger partial charge is 0.225 e. The van der Waals surface area contributed by atoms with Gasteiger partial charge in [-0.2, -0.15) is 0 Å². The maximum absolute atomic E-state index is 12.7. The Bertz CT molecular complexity index is 785. The first-order chi connectivity index (χ1) is 12.3. The summed E-state index contributed by atoms with van der Waals surface area (Å²) in [5, 5.41) is 8.03. The van der Waals surface area contributed by atoms with Gasteiger partial charge >= 0.3 is 0 Å². The number of amides is 1. The summed E-state index contributed by atoms with van der Waals surface area (Å²) in [6, 6.07) is 6.52. The number of fused-ring (bicyclic) bond motifs is 5. The normalized spacial score (nSPS) is 27.4. The molecule has 25 heavy (non-hydrogen) atoms. The van der Waals surface area contributed by atoms with Crippen LogP contribution in [0.4, 0.5) is 0 Å². The topological polar surface area (TPSA) is 62.5 Å². The standard InChI is InChI=1S/C19H24N4O2/c24-19(14-3-1-4-14)23-10-13-7-8-16(12-23)22(9-13)11-15-5-2-6-17-18(15)21-25-20-17/h2,5-6,13-14,16H,1,3-4,7-12H2/t13-,16-/m1/s1. The van der Waals surface area contributed by atoms with Crippen LogP contribution < -0.4 is 0 Å². The fourth-order valence-corrected chi connectivity index (χ4v) is 4.67. The van der Waals surface area contributed by atoms with Gasteiger partial charge in [-0.05, 0) is 53.5 Å². The zero-order valence-corrected chi connectivity index (χ0v) is 14.4. The molecule has 1 aromatic carbocycles. The molecule has 0 N–H and O–H groups in total. The number of rotatable bonds is 3. The summed E-state index contributed by atoms with van der Waals surface area (Å²) in [5.74, 6) is 1.31. The van der Waals surface area contributed by atoms with E-state index < -0.39 is 0 Å². The van der Waals surface area contributed by atoms with E-state index in [-0.39, 0.29) is 0 Å². The maximum Gasteiger partial charge on any atom is 0.225 e. The second kappa shape index (κ2) is 6.09. The Kier molecular flexibility index (Phi) is 3.73. The molecule has 3 saturated heterocycles. The van der Waals surface area contributed by atoms with Gasteiger partial charge in [-0.25, -0.2) is 4.63 Å². The number of aromatic nitrogens is 2. The molecule has 6 nitrogen and oxygen atoms in total. The Balaban J connectivity index is 1.35. The molecule has 6 rings (SSSR count). The third kappa shape index (κ3) is 2.72. The van der Waals surface area contributed by atoms with Crippen LogP contribution in [-0.4, -0.2) is 51.7 Å². The molecule has 1 aromatic heterocycles. The van der Waals surface area contributed by atoms with Crippen LogP contribution in [0.15, 0.2) is 22.8 Å². The predicted molar refractivity (Wildman–Crippen MR) is 92.6 cm³/mol. The van der Waals surface area contributed by atoms with Crippen molar-refractivity contribution in [3.8, 4) is 0 Å². The highest BCUT2D eigenvalue weighted by Gasteiger charge is 2.39. The summed E-state index contributed by atoms with van der Waals surface area (Å²) in [7, 11) is 0. The molecule has 2 atom stereocenters. The van der Waals surface area contributed by atoms with E-state index in [9.17, 15) is 4.79 Å². The lowest BCUT2D eigenvalue weighted by molar-refractivity contribution is -0.138. The maximum atomic E-state index is 12.7. The molecule has 1 amide bonds. The molecule has 2 bridgehead atoms. The first-order valence-corrected chi connectivity index (χ1v) is 9.51. The van der Waals surface area contributed by atoms with Gasteiger partial charge in [-0.1, -0.05) is 18.6 Å². The molecule has 4 fully saturated rings. The van der Waals surface area contributed by atoms with Crippen LogP contribution >= 0.6 is 0 Å². The highest BCUT2D eigenvalue weighted by Crippen LogP contribution is 2.34. The number of carbonyl (C=O) groups is 1. The third-order valence-corrected chi connectivity index (χ3v) is 6.34. The Morgan fingerprint density at radius 1 is 1.12 bits per heavy atom. The molecule has 1 aliphatic carbocycles. The lowest BCUT2D eigenvalue weighted by Gasteiger charge is -2.36. The molecule has 0 spiro atoms. The molecule has 3 aliphatic heterocycles. The van der Waals surface area contributed by atoms with E-state index in [2.05, 4.69) is 26.2 Å². The van der Waals surface area contributed by atoms with Gasteiger partial charge < -0.3 is 4.90 Å². The zero-order chi connectivity index (χ0) is 16.8. The predicted octanol–water partition coefficient (Wildman–Crippen LogP) is 2.45. The lowest BCUT2D eigenvalue weighted by atomic mass is 9.84. The fraction of sp³-hybridized carbons (Fsp3) is 0.632. The molecule has 0 radical (unpaired) electrons. The Morgan fingerprint density at radius 2 is 2.04 bits per heavy atom. The van der Waals surface area contributed by atoms with Crippen molar-refractivity contribution in [2.24, 2.45) is 11.8 Å². The molecule has 4 aliphatic rings. The minimum atomic E-state index is 0.306. The first kappa shape index (κ1) is 15.3. The highest BCUT2D eigenvalue weighted by atomic mass is 16.6. The van der Waals surface area contributed by atoms with Crippen molar-refractivity contribution in [2.75, 3.05) is 19.6 Å². The second-order valence-electron chi connectivity index (χ2n) is 7.95. The monoisotopic (exact) mass is 340 g/mol. The summed E-state index contributed by atoms with van der Waals surface area (Å²) < 4.78 is 4.90. The summed E-state index contributed by atoms with van der Waals surface area (Å²) in [6.07, 6.45) is 5.83. The largest absolute Gasteiger partial charge is 0.341 e. The van der Waals surface area contributed by atoms with Crippen LogP contribution in [0.2, 0.25) is 0 Å². The first-order valence-electron chi connectivity index (χ1n) is 9.51. The average molecular weight is 340 g/mol. The summed E-state index contributed by atoms with van der Waals surface area (Å²) in [5.41, 5.74) is 2.85. The van der Waals surface area contributed by atoms with E-state index in [4.69, 9.17) is 4.63 Å². The van der Waals surface area contributed by atoms with E-state index in [1.54, 1.807) is 0 Å². The van der Waals surface area contributed by atoms with Crippen molar-refractivity contribution in [3.63, 3.8) is 0 Å². The van der Waals surface area contributed by atoms with Crippen molar-refractivity contribution >= 4 is 16.9 Å². The molecular weight excluding hydrogens is 316 g/mol. The van der Waals surface area contributed by atoms with Crippen LogP contribution in [0.1, 0.15) is 37.7 Å². The molecule has 0 unspecified atom stereocenters. The molecular formula is C19H24N4O2. The van der Waals surface area contributed by atoms with Crippen molar-refractivity contribution in [1.82, 2.24) is 20.1 Å². The van der Waals surface area contributed by atoms with E-state index in [1.807, 2.05) is 12.1 Å². The van der Waals surface area contributed by atoms with Crippen molar-refractivity contribution < 1.29 is 9.42 Å². The summed E-state index contributed by atoms with van der Waals surface area (Å²) in [6.45, 7) is 3.76. The SMILES string of the molecule is O=C(C1CCC1)N1C[C@@H]2CC[C@H](C1)N(Cc1cccc3nonc13)C2. The van der Waals surface area contributed by atoms with E-state index in [0.717, 1.165) is 50.1 Å².